The molecule has 3 rings (SSSR count). The van der Waals surface area contributed by atoms with Gasteiger partial charge in [0.05, 0.1) is 4.88 Å². The molecule has 0 aliphatic rings. The highest BCUT2D eigenvalue weighted by Gasteiger charge is 2.08. The first kappa shape index (κ1) is 17.4. The summed E-state index contributed by atoms with van der Waals surface area (Å²) < 4.78 is 6.43. The van der Waals surface area contributed by atoms with Gasteiger partial charge in [-0.2, -0.15) is 0 Å². The number of rotatable bonds is 6. The Morgan fingerprint density at radius 2 is 1.72 bits per heavy atom. The first-order valence-electron chi connectivity index (χ1n) is 7.48. The van der Waals surface area contributed by atoms with Crippen molar-refractivity contribution in [3.8, 4) is 5.75 Å². The van der Waals surface area contributed by atoms with E-state index in [2.05, 4.69) is 21.2 Å². The zero-order valence-electron chi connectivity index (χ0n) is 13.1. The lowest BCUT2D eigenvalue weighted by Crippen LogP contribution is -2.12. The number of Topliss-reactive ketones (excluding diaryl/α,β-unsaturated/α-hetero) is 1. The van der Waals surface area contributed by atoms with E-state index in [9.17, 15) is 9.59 Å². The second-order valence-electron chi connectivity index (χ2n) is 5.17. The van der Waals surface area contributed by atoms with Crippen LogP contribution in [0.15, 0.2) is 70.5 Å². The standard InChI is InChI=1S/C19H14BrNO3S/c20-14-5-3-13(4-6-14)17(22)12-24-16-9-7-15(8-10-16)21-19(23)18-2-1-11-25-18/h1-11H,12H2,(H,21,23). The van der Waals surface area contributed by atoms with Gasteiger partial charge in [-0.15, -0.1) is 11.3 Å². The summed E-state index contributed by atoms with van der Waals surface area (Å²) in [7, 11) is 0. The molecule has 4 nitrogen and oxygen atoms in total. The van der Waals surface area contributed by atoms with Crippen molar-refractivity contribution in [1.82, 2.24) is 0 Å². The van der Waals surface area contributed by atoms with Gasteiger partial charge in [0.15, 0.2) is 12.4 Å². The smallest absolute Gasteiger partial charge is 0.265 e. The van der Waals surface area contributed by atoms with Crippen molar-refractivity contribution in [3.63, 3.8) is 0 Å². The van der Waals surface area contributed by atoms with Crippen molar-refractivity contribution >= 4 is 44.6 Å². The maximum absolute atomic E-state index is 12.1. The zero-order chi connectivity index (χ0) is 17.6. The summed E-state index contributed by atoms with van der Waals surface area (Å²) in [6, 6.07) is 17.7. The lowest BCUT2D eigenvalue weighted by atomic mass is 10.1. The predicted octanol–water partition coefficient (Wildman–Crippen LogP) is 5.02. The molecule has 3 aromatic rings. The van der Waals surface area contributed by atoms with Gasteiger partial charge in [-0.3, -0.25) is 9.59 Å². The maximum Gasteiger partial charge on any atom is 0.265 e. The SMILES string of the molecule is O=C(COc1ccc(NC(=O)c2cccs2)cc1)c1ccc(Br)cc1. The van der Waals surface area contributed by atoms with Crippen LogP contribution in [-0.2, 0) is 0 Å². The molecule has 0 spiro atoms. The van der Waals surface area contributed by atoms with Gasteiger partial charge in [0.25, 0.3) is 5.91 Å². The number of thiophene rings is 1. The Morgan fingerprint density at radius 3 is 2.36 bits per heavy atom. The molecule has 1 amide bonds. The molecule has 0 aliphatic carbocycles. The summed E-state index contributed by atoms with van der Waals surface area (Å²) in [5.41, 5.74) is 1.27. The summed E-state index contributed by atoms with van der Waals surface area (Å²) in [5.74, 6) is 0.330. The van der Waals surface area contributed by atoms with Crippen LogP contribution in [0.3, 0.4) is 0 Å². The minimum Gasteiger partial charge on any atom is -0.485 e. The van der Waals surface area contributed by atoms with E-state index < -0.39 is 0 Å². The van der Waals surface area contributed by atoms with E-state index in [4.69, 9.17) is 4.74 Å². The molecule has 25 heavy (non-hydrogen) atoms. The Kier molecular flexibility index (Phi) is 5.63. The van der Waals surface area contributed by atoms with E-state index in [1.807, 2.05) is 23.6 Å². The lowest BCUT2D eigenvalue weighted by Gasteiger charge is -2.08. The molecule has 0 radical (unpaired) electrons. The molecule has 0 aliphatic heterocycles. The van der Waals surface area contributed by atoms with Gasteiger partial charge in [-0.25, -0.2) is 0 Å². The van der Waals surface area contributed by atoms with Gasteiger partial charge in [0.2, 0.25) is 0 Å². The number of ether oxygens (including phenoxy) is 1. The Morgan fingerprint density at radius 1 is 1.00 bits per heavy atom. The minimum atomic E-state index is -0.144. The predicted molar refractivity (Wildman–Crippen MR) is 103 cm³/mol. The molecular formula is C19H14BrNO3S. The Labute approximate surface area is 157 Å². The number of ketones is 1. The average Bonchev–Trinajstić information content (AvgIpc) is 3.16. The minimum absolute atomic E-state index is 0.0392. The summed E-state index contributed by atoms with van der Waals surface area (Å²) in [6.45, 7) is -0.0392. The Bertz CT molecular complexity index is 859. The molecule has 0 atom stereocenters. The Balaban J connectivity index is 1.54. The fraction of sp³-hybridized carbons (Fsp3) is 0.0526. The molecule has 0 bridgehead atoms. The third-order valence-electron chi connectivity index (χ3n) is 3.39. The van der Waals surface area contributed by atoms with Crippen LogP contribution in [0.4, 0.5) is 5.69 Å². The second kappa shape index (κ2) is 8.09. The van der Waals surface area contributed by atoms with Gasteiger partial charge in [-0.05, 0) is 47.8 Å². The van der Waals surface area contributed by atoms with Crippen LogP contribution < -0.4 is 10.1 Å². The van der Waals surface area contributed by atoms with Crippen molar-refractivity contribution in [2.45, 2.75) is 0 Å². The van der Waals surface area contributed by atoms with E-state index in [1.165, 1.54) is 11.3 Å². The first-order chi connectivity index (χ1) is 12.1. The molecule has 6 heteroatoms. The number of benzene rings is 2. The number of anilines is 1. The van der Waals surface area contributed by atoms with E-state index in [-0.39, 0.29) is 18.3 Å². The van der Waals surface area contributed by atoms with E-state index in [1.54, 1.807) is 42.5 Å². The largest absolute Gasteiger partial charge is 0.485 e. The van der Waals surface area contributed by atoms with Gasteiger partial charge >= 0.3 is 0 Å². The maximum atomic E-state index is 12.1. The van der Waals surface area contributed by atoms with Gasteiger partial charge < -0.3 is 10.1 Å². The number of amides is 1. The second-order valence-corrected chi connectivity index (χ2v) is 7.04. The quantitative estimate of drug-likeness (QED) is 0.574. The fourth-order valence-electron chi connectivity index (χ4n) is 2.10. The number of halogens is 1. The van der Waals surface area contributed by atoms with Crippen LogP contribution in [0.25, 0.3) is 0 Å². The number of hydrogen-bond acceptors (Lipinski definition) is 4. The molecule has 2 aromatic carbocycles. The molecule has 126 valence electrons. The molecule has 0 unspecified atom stereocenters. The van der Waals surface area contributed by atoms with Crippen molar-refractivity contribution in [2.24, 2.45) is 0 Å². The monoisotopic (exact) mass is 415 g/mol. The zero-order valence-corrected chi connectivity index (χ0v) is 15.5. The van der Waals surface area contributed by atoms with E-state index in [0.29, 0.717) is 21.9 Å². The number of carbonyl (C=O) groups is 2. The highest BCUT2D eigenvalue weighted by atomic mass is 79.9. The van der Waals surface area contributed by atoms with Crippen LogP contribution in [0.2, 0.25) is 0 Å². The van der Waals surface area contributed by atoms with Crippen LogP contribution in [0.1, 0.15) is 20.0 Å². The number of hydrogen-bond donors (Lipinski definition) is 1. The third kappa shape index (κ3) is 4.78. The van der Waals surface area contributed by atoms with Crippen molar-refractivity contribution in [3.05, 3.63) is 81.0 Å². The van der Waals surface area contributed by atoms with Crippen molar-refractivity contribution in [2.75, 3.05) is 11.9 Å². The van der Waals surface area contributed by atoms with Gasteiger partial charge in [0.1, 0.15) is 5.75 Å². The number of nitrogens with one attached hydrogen (secondary N) is 1. The molecule has 1 N–H and O–H groups in total. The third-order valence-corrected chi connectivity index (χ3v) is 4.79. The lowest BCUT2D eigenvalue weighted by molar-refractivity contribution is 0.0921. The molecule has 0 saturated heterocycles. The molecule has 0 saturated carbocycles. The van der Waals surface area contributed by atoms with Crippen LogP contribution in [0, 0.1) is 0 Å². The van der Waals surface area contributed by atoms with Gasteiger partial charge in [-0.1, -0.05) is 34.1 Å². The summed E-state index contributed by atoms with van der Waals surface area (Å²) in [5, 5.41) is 4.67. The summed E-state index contributed by atoms with van der Waals surface area (Å²) in [6.07, 6.45) is 0. The molecule has 1 aromatic heterocycles. The molecular weight excluding hydrogens is 402 g/mol. The summed E-state index contributed by atoms with van der Waals surface area (Å²) in [4.78, 5) is 24.7. The summed E-state index contributed by atoms with van der Waals surface area (Å²) >= 11 is 4.72. The molecule has 0 fully saturated rings. The Hall–Kier alpha value is -2.44. The van der Waals surface area contributed by atoms with Gasteiger partial charge in [0, 0.05) is 15.7 Å². The average molecular weight is 416 g/mol. The highest BCUT2D eigenvalue weighted by Crippen LogP contribution is 2.18. The van der Waals surface area contributed by atoms with E-state index in [0.717, 1.165) is 4.47 Å². The normalized spacial score (nSPS) is 10.3. The van der Waals surface area contributed by atoms with Crippen LogP contribution >= 0.6 is 27.3 Å². The topological polar surface area (TPSA) is 55.4 Å². The van der Waals surface area contributed by atoms with E-state index >= 15 is 0 Å². The fourth-order valence-corrected chi connectivity index (χ4v) is 2.99. The van der Waals surface area contributed by atoms with Crippen molar-refractivity contribution < 1.29 is 14.3 Å². The molecule has 1 heterocycles. The highest BCUT2D eigenvalue weighted by molar-refractivity contribution is 9.10. The number of carbonyl (C=O) groups excluding carboxylic acids is 2. The van der Waals surface area contributed by atoms with Crippen LogP contribution in [-0.4, -0.2) is 18.3 Å². The van der Waals surface area contributed by atoms with Crippen LogP contribution in [0.5, 0.6) is 5.75 Å². The first-order valence-corrected chi connectivity index (χ1v) is 9.15. The van der Waals surface area contributed by atoms with Crippen molar-refractivity contribution in [1.29, 1.82) is 0 Å².